The van der Waals surface area contributed by atoms with E-state index in [-0.39, 0.29) is 34.1 Å². The lowest BCUT2D eigenvalue weighted by Crippen LogP contribution is -2.35. The van der Waals surface area contributed by atoms with Crippen LogP contribution in [0.4, 0.5) is 17.1 Å². The molecule has 0 saturated carbocycles. The molecule has 372 valence electrons. The van der Waals surface area contributed by atoms with E-state index in [1.165, 1.54) is 167 Å². The lowest BCUT2D eigenvalue weighted by atomic mass is 9.99. The van der Waals surface area contributed by atoms with Crippen LogP contribution in [0.3, 0.4) is 0 Å². The van der Waals surface area contributed by atoms with Gasteiger partial charge in [-0.25, -0.2) is 31.3 Å². The molecule has 6 N–H and O–H groups in total. The normalized spacial score (nSPS) is 17.2. The number of nitrogen functional groups attached to an aromatic ring is 1. The minimum absolute atomic E-state index is 0. The van der Waals surface area contributed by atoms with Gasteiger partial charge in [0.25, 0.3) is 10.0 Å². The van der Waals surface area contributed by atoms with Crippen LogP contribution in [0.5, 0.6) is 11.8 Å². The standard InChI is InChI=1S/C19H22N4O3S2.C13H13NS.C12H15N.C6H9N3O3S.CH4/c24-28(25,16-11-20-23-8-3-9-26-18(16)23)22-19(27)21-17-14-6-1-4-12(14)10-13-5-2-7-15(13)17;15-8-14-13-11-5-1-3-9(11)7-10-4-2-6-12(10)13;13-12-10-5-1-3-8(10)7-9-4-2-6-11(9)12;7-13(10,11)5-4-8-9-2-1-3-12-6(5)9;/h10-11H,1-9H2,(H2,21,22,27);7H,1-6H2;7H,1-6,13H2;4H,1-3H2,(H2,7,10,11);1H4. The average molecular weight is 1030 g/mol. The van der Waals surface area contributed by atoms with E-state index in [4.69, 9.17) is 44.8 Å². The number of hydrogen-bond donors (Lipinski definition) is 4. The molecule has 70 heavy (non-hydrogen) atoms. The van der Waals surface area contributed by atoms with E-state index in [0.717, 1.165) is 62.7 Å². The summed E-state index contributed by atoms with van der Waals surface area (Å²) in [7, 11) is -7.58. The van der Waals surface area contributed by atoms with Gasteiger partial charge in [0.2, 0.25) is 21.8 Å². The first kappa shape index (κ1) is 49.8. The van der Waals surface area contributed by atoms with Crippen molar-refractivity contribution in [3.05, 3.63) is 97.4 Å². The minimum Gasteiger partial charge on any atom is -0.477 e. The van der Waals surface area contributed by atoms with Crippen LogP contribution >= 0.6 is 24.4 Å². The second kappa shape index (κ2) is 20.9. The van der Waals surface area contributed by atoms with Crippen molar-refractivity contribution in [2.45, 2.75) is 159 Å². The number of ether oxygens (including phenoxy) is 2. The molecule has 15 nitrogen and oxygen atoms in total. The molecule has 0 saturated heterocycles. The van der Waals surface area contributed by atoms with E-state index in [2.05, 4.69) is 48.6 Å². The summed E-state index contributed by atoms with van der Waals surface area (Å²) in [6.07, 6.45) is 25.5. The maximum Gasteiger partial charge on any atom is 0.270 e. The maximum absolute atomic E-state index is 12.9. The fourth-order valence-corrected chi connectivity index (χ4v) is 13.7. The molecule has 0 spiro atoms. The van der Waals surface area contributed by atoms with Gasteiger partial charge >= 0.3 is 0 Å². The molecule has 0 unspecified atom stereocenters. The third-order valence-electron chi connectivity index (χ3n) is 14.7. The van der Waals surface area contributed by atoms with Gasteiger partial charge in [-0.3, -0.25) is 4.72 Å². The molecule has 0 fully saturated rings. The zero-order chi connectivity index (χ0) is 47.9. The number of hydrogen-bond acceptors (Lipinski definition) is 12. The van der Waals surface area contributed by atoms with E-state index in [0.29, 0.717) is 26.3 Å². The number of nitrogens with zero attached hydrogens (tertiary/aromatic N) is 5. The number of aromatic nitrogens is 4. The molecule has 4 heterocycles. The van der Waals surface area contributed by atoms with Gasteiger partial charge in [0.05, 0.1) is 36.5 Å². The third kappa shape index (κ3) is 10.0. The van der Waals surface area contributed by atoms with Crippen LogP contribution in [0, 0.1) is 0 Å². The first-order valence-corrected chi connectivity index (χ1v) is 28.3. The van der Waals surface area contributed by atoms with Crippen LogP contribution < -0.4 is 30.4 Å². The first-order chi connectivity index (χ1) is 33.4. The number of benzene rings is 3. The smallest absolute Gasteiger partial charge is 0.270 e. The Morgan fingerprint density at radius 3 is 1.47 bits per heavy atom. The molecule has 2 aliphatic heterocycles. The van der Waals surface area contributed by atoms with Gasteiger partial charge in [-0.05, 0) is 207 Å². The number of isothiocyanates is 1. The molecule has 8 aliphatic rings. The lowest BCUT2D eigenvalue weighted by Gasteiger charge is -2.19. The molecular formula is C51H63N9O6S4. The number of rotatable bonds is 5. The summed E-state index contributed by atoms with van der Waals surface area (Å²) in [4.78, 5) is 4.31. The molecular weight excluding hydrogens is 963 g/mol. The van der Waals surface area contributed by atoms with Crippen molar-refractivity contribution in [1.82, 2.24) is 24.3 Å². The molecule has 0 atom stereocenters. The van der Waals surface area contributed by atoms with Crippen molar-refractivity contribution in [3.8, 4) is 11.8 Å². The highest BCUT2D eigenvalue weighted by atomic mass is 32.2. The van der Waals surface area contributed by atoms with E-state index in [1.54, 1.807) is 4.68 Å². The molecule has 5 aromatic rings. The second-order valence-electron chi connectivity index (χ2n) is 19.0. The molecule has 13 rings (SSSR count). The Morgan fingerprint density at radius 1 is 0.614 bits per heavy atom. The van der Waals surface area contributed by atoms with Crippen molar-refractivity contribution in [2.75, 3.05) is 24.3 Å². The van der Waals surface area contributed by atoms with Crippen LogP contribution in [0.2, 0.25) is 0 Å². The Morgan fingerprint density at radius 2 is 1.01 bits per heavy atom. The molecule has 2 aromatic heterocycles. The molecule has 0 amide bonds. The van der Waals surface area contributed by atoms with Gasteiger partial charge < -0.3 is 20.5 Å². The van der Waals surface area contributed by atoms with Crippen LogP contribution in [0.25, 0.3) is 0 Å². The fraction of sp³-hybridized carbons (Fsp3) is 0.490. The number of anilines is 2. The Kier molecular flexibility index (Phi) is 14.9. The van der Waals surface area contributed by atoms with Crippen molar-refractivity contribution < 1.29 is 26.3 Å². The molecule has 3 aromatic carbocycles. The SMILES string of the molecule is C.NS(=O)(=O)c1cnn2c1OCCC2.Nc1c2c(cc3c1CCC3)CCC2.O=S(=O)(NC(=S)Nc1c2c(cc3c1CCC3)CCC2)c1cnn2c1OCCC2.S=C=Nc1c2c(cc3c1CCC3)CCC2. The lowest BCUT2D eigenvalue weighted by molar-refractivity contribution is 0.224. The van der Waals surface area contributed by atoms with E-state index in [1.807, 2.05) is 0 Å². The highest BCUT2D eigenvalue weighted by molar-refractivity contribution is 7.92. The topological polar surface area (TPSA) is 211 Å². The van der Waals surface area contributed by atoms with E-state index < -0.39 is 20.0 Å². The van der Waals surface area contributed by atoms with Crippen molar-refractivity contribution >= 4 is 71.8 Å². The van der Waals surface area contributed by atoms with Gasteiger partial charge in [0.1, 0.15) is 0 Å². The summed E-state index contributed by atoms with van der Waals surface area (Å²) >= 11 is 10.1. The predicted molar refractivity (Wildman–Crippen MR) is 280 cm³/mol. The van der Waals surface area contributed by atoms with Crippen LogP contribution in [-0.4, -0.2) is 59.9 Å². The number of fused-ring (bicyclic) bond motifs is 8. The largest absolute Gasteiger partial charge is 0.477 e. The molecule has 0 radical (unpaired) electrons. The number of nitrogens with one attached hydrogen (secondary N) is 2. The Labute approximate surface area is 422 Å². The summed E-state index contributed by atoms with van der Waals surface area (Å²) in [5.74, 6) is 0.539. The van der Waals surface area contributed by atoms with Crippen LogP contribution in [-0.2, 0) is 110 Å². The summed E-state index contributed by atoms with van der Waals surface area (Å²) in [6.45, 7) is 2.31. The number of aliphatic imine (C=N–C) groups is 1. The zero-order valence-electron chi connectivity index (χ0n) is 38.8. The number of sulfonamides is 2. The monoisotopic (exact) mass is 1030 g/mol. The summed E-state index contributed by atoms with van der Waals surface area (Å²) in [5, 5.41) is 18.8. The van der Waals surface area contributed by atoms with Gasteiger partial charge in [-0.2, -0.15) is 15.2 Å². The first-order valence-electron chi connectivity index (χ1n) is 24.4. The van der Waals surface area contributed by atoms with Gasteiger partial charge in [0, 0.05) is 37.3 Å². The molecule has 6 aliphatic carbocycles. The zero-order valence-corrected chi connectivity index (χ0v) is 42.1. The Balaban J connectivity index is 0.000000123. The van der Waals surface area contributed by atoms with Crippen LogP contribution in [0.1, 0.15) is 126 Å². The fourth-order valence-electron chi connectivity index (χ4n) is 11.6. The highest BCUT2D eigenvalue weighted by Crippen LogP contribution is 2.41. The van der Waals surface area contributed by atoms with Gasteiger partial charge in [-0.15, -0.1) is 0 Å². The highest BCUT2D eigenvalue weighted by Gasteiger charge is 2.30. The summed E-state index contributed by atoms with van der Waals surface area (Å²) in [6, 6.07) is 7.16. The Hall–Kier alpha value is -5.17. The van der Waals surface area contributed by atoms with Crippen molar-refractivity contribution in [3.63, 3.8) is 0 Å². The average Bonchev–Trinajstić information content (AvgIpc) is 4.18. The number of aryl methyl sites for hydroxylation is 8. The predicted octanol–water partition coefficient (Wildman–Crippen LogP) is 7.91. The second-order valence-corrected chi connectivity index (χ2v) is 22.8. The van der Waals surface area contributed by atoms with Crippen molar-refractivity contribution in [1.29, 1.82) is 0 Å². The molecule has 19 heteroatoms. The Bertz CT molecular complexity index is 3040. The van der Waals surface area contributed by atoms with Gasteiger partial charge in [-0.1, -0.05) is 25.6 Å². The van der Waals surface area contributed by atoms with E-state index >= 15 is 0 Å². The number of thiocarbonyl (C=S) groups is 2. The van der Waals surface area contributed by atoms with E-state index in [9.17, 15) is 16.8 Å². The maximum atomic E-state index is 12.9. The van der Waals surface area contributed by atoms with Gasteiger partial charge in [0.15, 0.2) is 14.9 Å². The molecule has 0 bridgehead atoms. The summed E-state index contributed by atoms with van der Waals surface area (Å²) in [5.41, 5.74) is 26.8. The minimum atomic E-state index is -3.87. The number of nitrogens with two attached hydrogens (primary N) is 2. The van der Waals surface area contributed by atoms with Crippen molar-refractivity contribution in [2.24, 2.45) is 10.1 Å². The number of primary sulfonamides is 1. The summed E-state index contributed by atoms with van der Waals surface area (Å²) < 4.78 is 64.0. The quantitative estimate of drug-likeness (QED) is 0.0752. The van der Waals surface area contributed by atoms with Crippen LogP contribution in [0.15, 0.2) is 45.4 Å². The third-order valence-corrected chi connectivity index (χ3v) is 17.3.